The molecule has 1 aliphatic rings. The van der Waals surface area contributed by atoms with E-state index in [1.807, 2.05) is 26.1 Å². The van der Waals surface area contributed by atoms with Crippen LogP contribution in [0.4, 0.5) is 5.69 Å². The molecule has 1 atom stereocenters. The predicted molar refractivity (Wildman–Crippen MR) is 73.7 cm³/mol. The Balaban J connectivity index is 2.33. The number of nitrogens with zero attached hydrogens (tertiary/aromatic N) is 1. The Morgan fingerprint density at radius 3 is 2.83 bits per heavy atom. The zero-order valence-corrected chi connectivity index (χ0v) is 11.7. The van der Waals surface area contributed by atoms with Crippen molar-refractivity contribution in [2.24, 2.45) is 5.73 Å². The predicted octanol–water partition coefficient (Wildman–Crippen LogP) is 1.19. The van der Waals surface area contributed by atoms with E-state index in [1.165, 1.54) is 0 Å². The molecule has 0 radical (unpaired) electrons. The summed E-state index contributed by atoms with van der Waals surface area (Å²) in [6.07, 6.45) is 1.56. The molecule has 1 heterocycles. The second-order valence-corrected chi connectivity index (χ2v) is 7.15. The third kappa shape index (κ3) is 2.67. The highest BCUT2D eigenvalue weighted by Gasteiger charge is 2.23. The lowest BCUT2D eigenvalue weighted by Gasteiger charge is -2.24. The number of hydrogen-bond acceptors (Lipinski definition) is 4. The van der Waals surface area contributed by atoms with Crippen LogP contribution in [-0.4, -0.2) is 33.8 Å². The lowest BCUT2D eigenvalue weighted by Crippen LogP contribution is -2.33. The topological polar surface area (TPSA) is 63.4 Å². The normalized spacial score (nSPS) is 19.1. The molecule has 1 aromatic carbocycles. The van der Waals surface area contributed by atoms with Crippen LogP contribution < -0.4 is 10.6 Å². The molecule has 100 valence electrons. The Morgan fingerprint density at radius 2 is 2.17 bits per heavy atom. The first-order chi connectivity index (χ1) is 8.40. The van der Waals surface area contributed by atoms with Gasteiger partial charge in [0, 0.05) is 25.3 Å². The first kappa shape index (κ1) is 13.4. The van der Waals surface area contributed by atoms with Crippen LogP contribution in [0.15, 0.2) is 23.1 Å². The summed E-state index contributed by atoms with van der Waals surface area (Å²) in [5.74, 6) is 0.273. The standard InChI is InChI=1S/C13H20N2O2S/c1-10(14)9-15(2)12-5-6-13-11(8-12)4-3-7-18(13,16)17/h5-6,8,10H,3-4,7,9,14H2,1-2H3. The van der Waals surface area contributed by atoms with Gasteiger partial charge in [-0.3, -0.25) is 0 Å². The number of aryl methyl sites for hydroxylation is 1. The van der Waals surface area contributed by atoms with Crippen molar-refractivity contribution in [2.45, 2.75) is 30.7 Å². The molecule has 0 saturated heterocycles. The van der Waals surface area contributed by atoms with Gasteiger partial charge in [-0.2, -0.15) is 0 Å². The highest BCUT2D eigenvalue weighted by Crippen LogP contribution is 2.28. The highest BCUT2D eigenvalue weighted by molar-refractivity contribution is 7.91. The molecule has 4 nitrogen and oxygen atoms in total. The molecule has 0 aliphatic carbocycles. The highest BCUT2D eigenvalue weighted by atomic mass is 32.2. The van der Waals surface area contributed by atoms with E-state index in [9.17, 15) is 8.42 Å². The van der Waals surface area contributed by atoms with Gasteiger partial charge in [-0.25, -0.2) is 8.42 Å². The summed E-state index contributed by atoms with van der Waals surface area (Å²) >= 11 is 0. The van der Waals surface area contributed by atoms with Crippen molar-refractivity contribution in [3.8, 4) is 0 Å². The molecule has 0 bridgehead atoms. The van der Waals surface area contributed by atoms with Gasteiger partial charge < -0.3 is 10.6 Å². The Hall–Kier alpha value is -1.07. The fourth-order valence-corrected chi connectivity index (χ4v) is 3.98. The first-order valence-corrected chi connectivity index (χ1v) is 7.88. The summed E-state index contributed by atoms with van der Waals surface area (Å²) in [4.78, 5) is 2.57. The van der Waals surface area contributed by atoms with Crippen molar-refractivity contribution in [1.29, 1.82) is 0 Å². The quantitative estimate of drug-likeness (QED) is 0.894. The largest absolute Gasteiger partial charge is 0.373 e. The molecule has 1 aromatic rings. The maximum atomic E-state index is 11.9. The van der Waals surface area contributed by atoms with Crippen molar-refractivity contribution in [3.05, 3.63) is 23.8 Å². The van der Waals surface area contributed by atoms with Gasteiger partial charge in [-0.05, 0) is 43.5 Å². The number of likely N-dealkylation sites (N-methyl/N-ethyl adjacent to an activating group) is 1. The molecule has 0 aromatic heterocycles. The van der Waals surface area contributed by atoms with Crippen LogP contribution in [0.2, 0.25) is 0 Å². The van der Waals surface area contributed by atoms with E-state index in [0.29, 0.717) is 4.90 Å². The number of fused-ring (bicyclic) bond motifs is 1. The maximum Gasteiger partial charge on any atom is 0.178 e. The molecule has 5 heteroatoms. The van der Waals surface area contributed by atoms with Crippen molar-refractivity contribution in [3.63, 3.8) is 0 Å². The molecule has 18 heavy (non-hydrogen) atoms. The van der Waals surface area contributed by atoms with Crippen molar-refractivity contribution < 1.29 is 8.42 Å². The molecule has 1 unspecified atom stereocenters. The molecular weight excluding hydrogens is 248 g/mol. The first-order valence-electron chi connectivity index (χ1n) is 6.22. The third-order valence-corrected chi connectivity index (χ3v) is 5.14. The number of benzene rings is 1. The van der Waals surface area contributed by atoms with E-state index in [0.717, 1.165) is 30.6 Å². The van der Waals surface area contributed by atoms with Crippen molar-refractivity contribution >= 4 is 15.5 Å². The van der Waals surface area contributed by atoms with Gasteiger partial charge in [0.2, 0.25) is 0 Å². The summed E-state index contributed by atoms with van der Waals surface area (Å²) in [7, 11) is -1.08. The second-order valence-electron chi connectivity index (χ2n) is 5.07. The van der Waals surface area contributed by atoms with Crippen molar-refractivity contribution in [1.82, 2.24) is 0 Å². The molecule has 0 fully saturated rings. The summed E-state index contributed by atoms with van der Waals surface area (Å²) in [5.41, 5.74) is 7.74. The van der Waals surface area contributed by atoms with Crippen LogP contribution in [0, 0.1) is 0 Å². The fraction of sp³-hybridized carbons (Fsp3) is 0.538. The van der Waals surface area contributed by atoms with Crippen LogP contribution in [-0.2, 0) is 16.3 Å². The van der Waals surface area contributed by atoms with Gasteiger partial charge in [0.25, 0.3) is 0 Å². The van der Waals surface area contributed by atoms with Crippen LogP contribution >= 0.6 is 0 Å². The number of anilines is 1. The van der Waals surface area contributed by atoms with E-state index < -0.39 is 9.84 Å². The molecule has 2 rings (SSSR count). The molecule has 2 N–H and O–H groups in total. The number of sulfone groups is 1. The molecule has 1 aliphatic heterocycles. The van der Waals surface area contributed by atoms with Crippen LogP contribution in [0.3, 0.4) is 0 Å². The fourth-order valence-electron chi connectivity index (χ4n) is 2.40. The van der Waals surface area contributed by atoms with Crippen molar-refractivity contribution in [2.75, 3.05) is 24.2 Å². The van der Waals surface area contributed by atoms with Gasteiger partial charge >= 0.3 is 0 Å². The summed E-state index contributed by atoms with van der Waals surface area (Å²) in [6, 6.07) is 5.67. The number of nitrogens with two attached hydrogens (primary N) is 1. The summed E-state index contributed by atoms with van der Waals surface area (Å²) < 4.78 is 23.8. The smallest absolute Gasteiger partial charge is 0.178 e. The van der Waals surface area contributed by atoms with E-state index in [-0.39, 0.29) is 11.8 Å². The zero-order chi connectivity index (χ0) is 13.3. The van der Waals surface area contributed by atoms with Crippen LogP contribution in [0.1, 0.15) is 18.9 Å². The zero-order valence-electron chi connectivity index (χ0n) is 10.9. The minimum atomic E-state index is -3.05. The van der Waals surface area contributed by atoms with Gasteiger partial charge in [-0.15, -0.1) is 0 Å². The lowest BCUT2D eigenvalue weighted by atomic mass is 10.1. The van der Waals surface area contributed by atoms with Gasteiger partial charge in [0.05, 0.1) is 10.6 Å². The van der Waals surface area contributed by atoms with Crippen LogP contribution in [0.5, 0.6) is 0 Å². The SMILES string of the molecule is CC(N)CN(C)c1ccc2c(c1)CCCS2(=O)=O. The number of rotatable bonds is 3. The Kier molecular flexibility index (Phi) is 3.64. The average Bonchev–Trinajstić information content (AvgIpc) is 2.27. The minimum Gasteiger partial charge on any atom is -0.373 e. The van der Waals surface area contributed by atoms with E-state index >= 15 is 0 Å². The van der Waals surface area contributed by atoms with Gasteiger partial charge in [0.1, 0.15) is 0 Å². The molecule has 0 spiro atoms. The van der Waals surface area contributed by atoms with Gasteiger partial charge in [0.15, 0.2) is 9.84 Å². The Morgan fingerprint density at radius 1 is 1.44 bits per heavy atom. The Labute approximate surface area is 109 Å². The lowest BCUT2D eigenvalue weighted by molar-refractivity contribution is 0.586. The minimum absolute atomic E-state index is 0.0924. The monoisotopic (exact) mass is 268 g/mol. The molecule has 0 amide bonds. The third-order valence-electron chi connectivity index (χ3n) is 3.24. The maximum absolute atomic E-state index is 11.9. The summed E-state index contributed by atoms with van der Waals surface area (Å²) in [6.45, 7) is 2.71. The number of hydrogen-bond donors (Lipinski definition) is 1. The second kappa shape index (κ2) is 4.90. The average molecular weight is 268 g/mol. The van der Waals surface area contributed by atoms with Crippen LogP contribution in [0.25, 0.3) is 0 Å². The molecular formula is C13H20N2O2S. The summed E-state index contributed by atoms with van der Waals surface area (Å²) in [5, 5.41) is 0. The molecule has 0 saturated carbocycles. The Bertz CT molecular complexity index is 538. The van der Waals surface area contributed by atoms with Gasteiger partial charge in [-0.1, -0.05) is 0 Å². The van der Waals surface area contributed by atoms with E-state index in [1.54, 1.807) is 6.07 Å². The van der Waals surface area contributed by atoms with E-state index in [2.05, 4.69) is 4.90 Å². The van der Waals surface area contributed by atoms with E-state index in [4.69, 9.17) is 5.73 Å².